The van der Waals surface area contributed by atoms with Crippen LogP contribution in [0, 0.1) is 0 Å². The molecule has 2 heterocycles. The summed E-state index contributed by atoms with van der Waals surface area (Å²) >= 11 is 0. The first-order chi connectivity index (χ1) is 11.8. The lowest BCUT2D eigenvalue weighted by molar-refractivity contribution is 0.271. The Labute approximate surface area is 141 Å². The summed E-state index contributed by atoms with van der Waals surface area (Å²) in [5, 5.41) is 14.8. The first-order valence-corrected chi connectivity index (χ1v) is 8.02. The Kier molecular flexibility index (Phi) is 4.91. The highest BCUT2D eigenvalue weighted by atomic mass is 16.5. The highest BCUT2D eigenvalue weighted by molar-refractivity contribution is 6.05. The summed E-state index contributed by atoms with van der Waals surface area (Å²) in [6, 6.07) is 9.83. The third kappa shape index (κ3) is 3.03. The molecule has 1 aromatic carbocycles. The van der Waals surface area contributed by atoms with Crippen LogP contribution in [-0.4, -0.2) is 34.8 Å². The smallest absolute Gasteiger partial charge is 0.137 e. The van der Waals surface area contributed by atoms with Crippen LogP contribution in [0.4, 0.5) is 5.82 Å². The van der Waals surface area contributed by atoms with Crippen LogP contribution in [0.1, 0.15) is 13.3 Å². The van der Waals surface area contributed by atoms with E-state index < -0.39 is 0 Å². The lowest BCUT2D eigenvalue weighted by atomic mass is 10.0. The molecule has 0 saturated carbocycles. The van der Waals surface area contributed by atoms with Crippen molar-refractivity contribution in [3.63, 3.8) is 0 Å². The molecule has 2 aromatic heterocycles. The average Bonchev–Trinajstić information content (AvgIpc) is 2.66. The summed E-state index contributed by atoms with van der Waals surface area (Å²) in [5.74, 6) is 1.48. The zero-order chi connectivity index (χ0) is 16.9. The number of aliphatic hydroxyl groups is 1. The van der Waals surface area contributed by atoms with Crippen LogP contribution in [0.2, 0.25) is 0 Å². The van der Waals surface area contributed by atoms with Crippen molar-refractivity contribution in [2.45, 2.75) is 19.4 Å². The van der Waals surface area contributed by atoms with Gasteiger partial charge >= 0.3 is 0 Å². The summed E-state index contributed by atoms with van der Waals surface area (Å²) < 4.78 is 5.55. The molecule has 1 atom stereocenters. The molecule has 0 amide bonds. The molecule has 0 saturated heterocycles. The molecule has 0 aliphatic heterocycles. The fourth-order valence-electron chi connectivity index (χ4n) is 2.77. The highest BCUT2D eigenvalue weighted by Crippen LogP contribution is 2.37. The van der Waals surface area contributed by atoms with E-state index >= 15 is 0 Å². The fourth-order valence-corrected chi connectivity index (χ4v) is 2.77. The number of fused-ring (bicyclic) bond motifs is 1. The number of hydrogen-bond acceptors (Lipinski definition) is 5. The second kappa shape index (κ2) is 7.27. The van der Waals surface area contributed by atoms with Gasteiger partial charge in [0, 0.05) is 24.2 Å². The van der Waals surface area contributed by atoms with Crippen molar-refractivity contribution in [1.29, 1.82) is 0 Å². The molecule has 5 nitrogen and oxygen atoms in total. The molecular weight excluding hydrogens is 302 g/mol. The number of pyridine rings is 2. The van der Waals surface area contributed by atoms with Crippen molar-refractivity contribution < 1.29 is 9.84 Å². The third-order valence-corrected chi connectivity index (χ3v) is 4.14. The molecular formula is C19H21N3O2. The molecule has 24 heavy (non-hydrogen) atoms. The molecule has 0 spiro atoms. The molecule has 5 heteroatoms. The van der Waals surface area contributed by atoms with Crippen LogP contribution in [0.5, 0.6) is 5.75 Å². The number of nitrogens with one attached hydrogen (secondary N) is 1. The number of nitrogens with zero attached hydrogens (tertiary/aromatic N) is 2. The molecule has 0 aliphatic rings. The van der Waals surface area contributed by atoms with Crippen molar-refractivity contribution in [3.05, 3.63) is 48.9 Å². The van der Waals surface area contributed by atoms with Crippen LogP contribution in [0.3, 0.4) is 0 Å². The van der Waals surface area contributed by atoms with E-state index in [9.17, 15) is 5.11 Å². The minimum Gasteiger partial charge on any atom is -0.496 e. The van der Waals surface area contributed by atoms with Gasteiger partial charge in [-0.15, -0.1) is 0 Å². The number of rotatable bonds is 6. The normalized spacial score (nSPS) is 12.1. The van der Waals surface area contributed by atoms with Gasteiger partial charge in [-0.25, -0.2) is 4.98 Å². The number of ether oxygens (including phenoxy) is 1. The van der Waals surface area contributed by atoms with Gasteiger partial charge in [0.2, 0.25) is 0 Å². The standard InChI is InChI=1S/C19H21N3O2/c1-3-14(12-23)22-19-18-15(5-4-6-17(18)24-2)16(11-21-19)13-7-9-20-10-8-13/h4-11,14,23H,3,12H2,1-2H3,(H,21,22). The van der Waals surface area contributed by atoms with E-state index in [0.717, 1.165) is 39.9 Å². The van der Waals surface area contributed by atoms with E-state index in [2.05, 4.69) is 21.4 Å². The number of benzene rings is 1. The van der Waals surface area contributed by atoms with E-state index in [1.807, 2.05) is 37.4 Å². The lowest BCUT2D eigenvalue weighted by Gasteiger charge is -2.19. The molecule has 124 valence electrons. The van der Waals surface area contributed by atoms with Crippen LogP contribution in [-0.2, 0) is 0 Å². The van der Waals surface area contributed by atoms with E-state index in [-0.39, 0.29) is 12.6 Å². The summed E-state index contributed by atoms with van der Waals surface area (Å²) in [5.41, 5.74) is 2.07. The van der Waals surface area contributed by atoms with Crippen LogP contribution in [0.15, 0.2) is 48.9 Å². The van der Waals surface area contributed by atoms with Gasteiger partial charge in [-0.2, -0.15) is 0 Å². The molecule has 0 aliphatic carbocycles. The van der Waals surface area contributed by atoms with E-state index in [1.54, 1.807) is 19.5 Å². The van der Waals surface area contributed by atoms with Gasteiger partial charge in [-0.1, -0.05) is 19.1 Å². The third-order valence-electron chi connectivity index (χ3n) is 4.14. The Balaban J connectivity index is 2.21. The van der Waals surface area contributed by atoms with Crippen molar-refractivity contribution in [1.82, 2.24) is 9.97 Å². The zero-order valence-electron chi connectivity index (χ0n) is 13.9. The molecule has 3 rings (SSSR count). The van der Waals surface area contributed by atoms with Gasteiger partial charge < -0.3 is 15.2 Å². The lowest BCUT2D eigenvalue weighted by Crippen LogP contribution is -2.23. The van der Waals surface area contributed by atoms with Gasteiger partial charge in [0.1, 0.15) is 11.6 Å². The van der Waals surface area contributed by atoms with Gasteiger partial charge in [0.25, 0.3) is 0 Å². The Morgan fingerprint density at radius 2 is 2.00 bits per heavy atom. The zero-order valence-corrected chi connectivity index (χ0v) is 13.9. The molecule has 0 fully saturated rings. The predicted molar refractivity (Wildman–Crippen MR) is 96.3 cm³/mol. The minimum absolute atomic E-state index is 0.0441. The number of hydrogen-bond donors (Lipinski definition) is 2. The van der Waals surface area contributed by atoms with Crippen LogP contribution in [0.25, 0.3) is 21.9 Å². The quantitative estimate of drug-likeness (QED) is 0.727. The van der Waals surface area contributed by atoms with Gasteiger partial charge in [0.05, 0.1) is 25.1 Å². The summed E-state index contributed by atoms with van der Waals surface area (Å²) in [4.78, 5) is 8.68. The predicted octanol–water partition coefficient (Wildman–Crippen LogP) is 3.49. The maximum atomic E-state index is 9.49. The monoisotopic (exact) mass is 323 g/mol. The maximum Gasteiger partial charge on any atom is 0.137 e. The van der Waals surface area contributed by atoms with Crippen LogP contribution >= 0.6 is 0 Å². The van der Waals surface area contributed by atoms with Crippen molar-refractivity contribution in [2.24, 2.45) is 0 Å². The van der Waals surface area contributed by atoms with Gasteiger partial charge in [-0.3, -0.25) is 4.98 Å². The number of aromatic nitrogens is 2. The van der Waals surface area contributed by atoms with Crippen molar-refractivity contribution >= 4 is 16.6 Å². The number of aliphatic hydroxyl groups excluding tert-OH is 1. The SMILES string of the molecule is CCC(CO)Nc1ncc(-c2ccncc2)c2cccc(OC)c12. The molecule has 0 radical (unpaired) electrons. The first kappa shape index (κ1) is 16.2. The Bertz CT molecular complexity index is 817. The molecule has 0 bridgehead atoms. The largest absolute Gasteiger partial charge is 0.496 e. The highest BCUT2D eigenvalue weighted by Gasteiger charge is 2.15. The topological polar surface area (TPSA) is 67.3 Å². The second-order valence-corrected chi connectivity index (χ2v) is 5.57. The van der Waals surface area contributed by atoms with E-state index in [4.69, 9.17) is 4.74 Å². The molecule has 1 unspecified atom stereocenters. The number of anilines is 1. The van der Waals surface area contributed by atoms with Crippen LogP contribution < -0.4 is 10.1 Å². The Morgan fingerprint density at radius 3 is 2.67 bits per heavy atom. The maximum absolute atomic E-state index is 9.49. The van der Waals surface area contributed by atoms with Gasteiger partial charge in [-0.05, 0) is 35.6 Å². The Hall–Kier alpha value is -2.66. The summed E-state index contributed by atoms with van der Waals surface area (Å²) in [6.07, 6.45) is 6.20. The minimum atomic E-state index is -0.0441. The molecule has 3 aromatic rings. The van der Waals surface area contributed by atoms with E-state index in [0.29, 0.717) is 0 Å². The average molecular weight is 323 g/mol. The molecule has 2 N–H and O–H groups in total. The van der Waals surface area contributed by atoms with Gasteiger partial charge in [0.15, 0.2) is 0 Å². The fraction of sp³-hybridized carbons (Fsp3) is 0.263. The second-order valence-electron chi connectivity index (χ2n) is 5.57. The first-order valence-electron chi connectivity index (χ1n) is 8.02. The van der Waals surface area contributed by atoms with E-state index in [1.165, 1.54) is 0 Å². The number of methoxy groups -OCH3 is 1. The summed E-state index contributed by atoms with van der Waals surface area (Å²) in [7, 11) is 1.65. The van der Waals surface area contributed by atoms with Crippen molar-refractivity contribution in [3.8, 4) is 16.9 Å². The van der Waals surface area contributed by atoms with Crippen molar-refractivity contribution in [2.75, 3.05) is 19.0 Å². The summed E-state index contributed by atoms with van der Waals surface area (Å²) in [6.45, 7) is 2.08. The Morgan fingerprint density at radius 1 is 1.21 bits per heavy atom.